The van der Waals surface area contributed by atoms with E-state index in [1.165, 1.54) is 4.90 Å². The molecule has 1 saturated heterocycles. The molecule has 2 rings (SSSR count). The zero-order valence-corrected chi connectivity index (χ0v) is 10.8. The molecule has 2 heterocycles. The Bertz CT molecular complexity index is 461. The number of hydrogen-bond acceptors (Lipinski definition) is 5. The molecule has 0 radical (unpaired) electrons. The van der Waals surface area contributed by atoms with Crippen LogP contribution in [0, 0.1) is 13.8 Å². The molecule has 1 aliphatic heterocycles. The first-order valence-electron chi connectivity index (χ1n) is 6.03. The second kappa shape index (κ2) is 4.89. The fourth-order valence-electron chi connectivity index (χ4n) is 2.00. The summed E-state index contributed by atoms with van der Waals surface area (Å²) < 4.78 is 5.41. The third-order valence-corrected chi connectivity index (χ3v) is 3.13. The van der Waals surface area contributed by atoms with Crippen molar-refractivity contribution < 1.29 is 14.0 Å². The molecule has 1 unspecified atom stereocenters. The summed E-state index contributed by atoms with van der Waals surface area (Å²) in [6.07, 6.45) is 0.214. The molecule has 1 atom stereocenters. The molecule has 98 valence electrons. The Labute approximate surface area is 105 Å². The number of nitrogens with zero attached hydrogens (tertiary/aromatic N) is 2. The Hall–Kier alpha value is -1.69. The summed E-state index contributed by atoms with van der Waals surface area (Å²) in [5.74, 6) is 1.03. The number of likely N-dealkylation sites (tertiary alicyclic amines) is 1. The first-order chi connectivity index (χ1) is 8.52. The van der Waals surface area contributed by atoms with E-state index in [1.54, 1.807) is 6.92 Å². The van der Waals surface area contributed by atoms with Crippen LogP contribution in [0.1, 0.15) is 30.7 Å². The van der Waals surface area contributed by atoms with Crippen molar-refractivity contribution in [1.29, 1.82) is 0 Å². The van der Waals surface area contributed by atoms with Gasteiger partial charge in [0.05, 0.1) is 24.7 Å². The summed E-state index contributed by atoms with van der Waals surface area (Å²) in [4.78, 5) is 28.8. The van der Waals surface area contributed by atoms with Crippen LogP contribution in [0.2, 0.25) is 0 Å². The van der Waals surface area contributed by atoms with Gasteiger partial charge in [0, 0.05) is 6.54 Å². The molecule has 1 N–H and O–H groups in total. The molecule has 1 aliphatic rings. The average molecular weight is 251 g/mol. The number of aryl methyl sites for hydroxylation is 2. The largest absolute Gasteiger partial charge is 0.444 e. The number of hydrogen-bond donors (Lipinski definition) is 1. The Morgan fingerprint density at radius 3 is 2.67 bits per heavy atom. The molecule has 0 aromatic carbocycles. The minimum atomic E-state index is -0.454. The van der Waals surface area contributed by atoms with Gasteiger partial charge in [-0.15, -0.1) is 0 Å². The lowest BCUT2D eigenvalue weighted by Crippen LogP contribution is -2.38. The predicted molar refractivity (Wildman–Crippen MR) is 63.6 cm³/mol. The van der Waals surface area contributed by atoms with E-state index >= 15 is 0 Å². The molecule has 0 saturated carbocycles. The van der Waals surface area contributed by atoms with Crippen molar-refractivity contribution in [1.82, 2.24) is 15.2 Å². The van der Waals surface area contributed by atoms with Gasteiger partial charge in [-0.05, 0) is 20.8 Å². The summed E-state index contributed by atoms with van der Waals surface area (Å²) in [5, 5.41) is 3.01. The first kappa shape index (κ1) is 12.8. The van der Waals surface area contributed by atoms with E-state index in [4.69, 9.17) is 4.42 Å². The number of amides is 2. The van der Waals surface area contributed by atoms with E-state index in [0.717, 1.165) is 11.5 Å². The van der Waals surface area contributed by atoms with Crippen molar-refractivity contribution in [3.8, 4) is 0 Å². The lowest BCUT2D eigenvalue weighted by molar-refractivity contribution is -0.138. The van der Waals surface area contributed by atoms with E-state index in [1.807, 2.05) is 13.8 Å². The Morgan fingerprint density at radius 1 is 1.44 bits per heavy atom. The summed E-state index contributed by atoms with van der Waals surface area (Å²) in [7, 11) is 0. The van der Waals surface area contributed by atoms with Gasteiger partial charge >= 0.3 is 0 Å². The van der Waals surface area contributed by atoms with Gasteiger partial charge in [-0.25, -0.2) is 4.98 Å². The van der Waals surface area contributed by atoms with Gasteiger partial charge in [0.15, 0.2) is 0 Å². The normalized spacial score (nSPS) is 19.9. The van der Waals surface area contributed by atoms with Gasteiger partial charge in [0.25, 0.3) is 0 Å². The maximum atomic E-state index is 11.8. The van der Waals surface area contributed by atoms with E-state index in [9.17, 15) is 9.59 Å². The standard InChI is InChI=1S/C12H17N3O3/c1-4-15-11(16)5-9(12(15)17)13-6-10-14-7(2)8(3)18-10/h9,13H,4-6H2,1-3H3. The van der Waals surface area contributed by atoms with Gasteiger partial charge in [-0.1, -0.05) is 0 Å². The van der Waals surface area contributed by atoms with Crippen LogP contribution in [0.25, 0.3) is 0 Å². The van der Waals surface area contributed by atoms with Crippen LogP contribution in [0.4, 0.5) is 0 Å². The van der Waals surface area contributed by atoms with Crippen molar-refractivity contribution in [3.63, 3.8) is 0 Å². The molecule has 2 amide bonds. The highest BCUT2D eigenvalue weighted by atomic mass is 16.4. The van der Waals surface area contributed by atoms with Crippen molar-refractivity contribution in [2.45, 2.75) is 39.8 Å². The van der Waals surface area contributed by atoms with Gasteiger partial charge < -0.3 is 4.42 Å². The van der Waals surface area contributed by atoms with Crippen LogP contribution in [0.15, 0.2) is 4.42 Å². The summed E-state index contributed by atoms with van der Waals surface area (Å²) in [6.45, 7) is 6.28. The molecular weight excluding hydrogens is 234 g/mol. The Balaban J connectivity index is 1.95. The van der Waals surface area contributed by atoms with E-state index < -0.39 is 6.04 Å². The molecule has 1 aromatic rings. The quantitative estimate of drug-likeness (QED) is 0.790. The second-order valence-corrected chi connectivity index (χ2v) is 4.36. The number of aromatic nitrogens is 1. The molecule has 1 aromatic heterocycles. The van der Waals surface area contributed by atoms with Gasteiger partial charge in [-0.2, -0.15) is 0 Å². The van der Waals surface area contributed by atoms with Crippen LogP contribution in [-0.4, -0.2) is 34.3 Å². The zero-order valence-electron chi connectivity index (χ0n) is 10.8. The fraction of sp³-hybridized carbons (Fsp3) is 0.583. The van der Waals surface area contributed by atoms with E-state index in [-0.39, 0.29) is 18.2 Å². The van der Waals surface area contributed by atoms with Crippen LogP contribution in [0.3, 0.4) is 0 Å². The predicted octanol–water partition coefficient (Wildman–Crippen LogP) is 0.528. The minimum Gasteiger partial charge on any atom is -0.444 e. The molecule has 0 bridgehead atoms. The fourth-order valence-corrected chi connectivity index (χ4v) is 2.00. The van der Waals surface area contributed by atoms with E-state index in [0.29, 0.717) is 19.0 Å². The van der Waals surface area contributed by atoms with E-state index in [2.05, 4.69) is 10.3 Å². The van der Waals surface area contributed by atoms with Gasteiger partial charge in [0.2, 0.25) is 17.7 Å². The lowest BCUT2D eigenvalue weighted by atomic mass is 10.2. The van der Waals surface area contributed by atoms with Crippen LogP contribution in [-0.2, 0) is 16.1 Å². The Morgan fingerprint density at radius 2 is 2.17 bits per heavy atom. The summed E-state index contributed by atoms with van der Waals surface area (Å²) in [6, 6.07) is -0.454. The smallest absolute Gasteiger partial charge is 0.246 e. The SMILES string of the molecule is CCN1C(=O)CC(NCc2nc(C)c(C)o2)C1=O. The number of carbonyl (C=O) groups excluding carboxylic acids is 2. The highest BCUT2D eigenvalue weighted by molar-refractivity contribution is 6.05. The number of imide groups is 1. The third kappa shape index (κ3) is 2.28. The number of rotatable bonds is 4. The number of oxazole rings is 1. The van der Waals surface area contributed by atoms with Crippen LogP contribution >= 0.6 is 0 Å². The average Bonchev–Trinajstić information content (AvgIpc) is 2.78. The molecule has 0 aliphatic carbocycles. The van der Waals surface area contributed by atoms with Crippen molar-refractivity contribution in [2.75, 3.05) is 6.54 Å². The van der Waals surface area contributed by atoms with Crippen LogP contribution in [0.5, 0.6) is 0 Å². The van der Waals surface area contributed by atoms with Crippen molar-refractivity contribution >= 4 is 11.8 Å². The minimum absolute atomic E-state index is 0.125. The molecule has 6 nitrogen and oxygen atoms in total. The number of carbonyl (C=O) groups is 2. The van der Waals surface area contributed by atoms with Crippen LogP contribution < -0.4 is 5.32 Å². The van der Waals surface area contributed by atoms with Gasteiger partial charge in [-0.3, -0.25) is 19.8 Å². The number of likely N-dealkylation sites (N-methyl/N-ethyl adjacent to an activating group) is 1. The lowest BCUT2D eigenvalue weighted by Gasteiger charge is -2.12. The Kier molecular flexibility index (Phi) is 3.47. The summed E-state index contributed by atoms with van der Waals surface area (Å²) >= 11 is 0. The molecule has 18 heavy (non-hydrogen) atoms. The highest BCUT2D eigenvalue weighted by Crippen LogP contribution is 2.14. The molecule has 0 spiro atoms. The maximum absolute atomic E-state index is 11.8. The second-order valence-electron chi connectivity index (χ2n) is 4.36. The molecule has 1 fully saturated rings. The highest BCUT2D eigenvalue weighted by Gasteiger charge is 2.37. The zero-order chi connectivity index (χ0) is 13.3. The number of nitrogens with one attached hydrogen (secondary N) is 1. The topological polar surface area (TPSA) is 75.4 Å². The maximum Gasteiger partial charge on any atom is 0.246 e. The first-order valence-corrected chi connectivity index (χ1v) is 6.03. The third-order valence-electron chi connectivity index (χ3n) is 3.13. The monoisotopic (exact) mass is 251 g/mol. The van der Waals surface area contributed by atoms with Crippen molar-refractivity contribution in [3.05, 3.63) is 17.3 Å². The molecular formula is C12H17N3O3. The summed E-state index contributed by atoms with van der Waals surface area (Å²) in [5.41, 5.74) is 0.843. The van der Waals surface area contributed by atoms with Crippen molar-refractivity contribution in [2.24, 2.45) is 0 Å². The molecule has 6 heteroatoms. The van der Waals surface area contributed by atoms with Gasteiger partial charge in [0.1, 0.15) is 5.76 Å².